The summed E-state index contributed by atoms with van der Waals surface area (Å²) >= 11 is 3.23. The van der Waals surface area contributed by atoms with Gasteiger partial charge in [0.25, 0.3) is 5.91 Å². The number of nitrogens with zero attached hydrogens (tertiary/aromatic N) is 2. The Morgan fingerprint density at radius 3 is 2.61 bits per heavy atom. The van der Waals surface area contributed by atoms with Crippen LogP contribution in [-0.2, 0) is 0 Å². The summed E-state index contributed by atoms with van der Waals surface area (Å²) in [6.45, 7) is 2.12. The number of hydrogen-bond donors (Lipinski definition) is 0. The van der Waals surface area contributed by atoms with Crippen molar-refractivity contribution in [3.63, 3.8) is 0 Å². The van der Waals surface area contributed by atoms with Crippen molar-refractivity contribution < 1.29 is 9.18 Å². The summed E-state index contributed by atoms with van der Waals surface area (Å²) in [6, 6.07) is 14.4. The molecular formula is C18H18BrFN2O. The molecule has 1 fully saturated rings. The van der Waals surface area contributed by atoms with Crippen LogP contribution < -0.4 is 0 Å². The number of amides is 1. The number of halogens is 2. The van der Waals surface area contributed by atoms with Gasteiger partial charge >= 0.3 is 0 Å². The zero-order chi connectivity index (χ0) is 16.4. The minimum Gasteiger partial charge on any atom is -0.329 e. The van der Waals surface area contributed by atoms with E-state index in [0.717, 1.165) is 18.7 Å². The average Bonchev–Trinajstić information content (AvgIpc) is 2.55. The Hall–Kier alpha value is -1.72. The first-order chi connectivity index (χ1) is 11.1. The largest absolute Gasteiger partial charge is 0.329 e. The predicted octanol–water partition coefficient (Wildman–Crippen LogP) is 3.72. The molecule has 0 radical (unpaired) electrons. The summed E-state index contributed by atoms with van der Waals surface area (Å²) in [5.74, 6) is -0.743. The molecule has 0 bridgehead atoms. The van der Waals surface area contributed by atoms with Gasteiger partial charge in [0, 0.05) is 24.1 Å². The van der Waals surface area contributed by atoms with Crippen molar-refractivity contribution >= 4 is 21.8 Å². The topological polar surface area (TPSA) is 23.6 Å². The molecule has 0 spiro atoms. The van der Waals surface area contributed by atoms with Crippen LogP contribution in [0.25, 0.3) is 0 Å². The fraction of sp³-hybridized carbons (Fsp3) is 0.278. The van der Waals surface area contributed by atoms with Gasteiger partial charge in [0.15, 0.2) is 0 Å². The van der Waals surface area contributed by atoms with Gasteiger partial charge in [0.2, 0.25) is 0 Å². The van der Waals surface area contributed by atoms with E-state index < -0.39 is 5.82 Å². The van der Waals surface area contributed by atoms with Gasteiger partial charge in [0.1, 0.15) is 5.82 Å². The average molecular weight is 377 g/mol. The summed E-state index contributed by atoms with van der Waals surface area (Å²) in [6.07, 6.45) is 0. The number of likely N-dealkylation sites (N-methyl/N-ethyl adjacent to an activating group) is 1. The molecule has 1 aliphatic rings. The van der Waals surface area contributed by atoms with E-state index in [4.69, 9.17) is 0 Å². The van der Waals surface area contributed by atoms with Crippen LogP contribution in [0.1, 0.15) is 22.0 Å². The summed E-state index contributed by atoms with van der Waals surface area (Å²) in [7, 11) is 2.04. The first kappa shape index (κ1) is 16.1. The zero-order valence-electron chi connectivity index (χ0n) is 12.9. The van der Waals surface area contributed by atoms with E-state index in [2.05, 4.69) is 20.8 Å². The third-order valence-electron chi connectivity index (χ3n) is 4.19. The first-order valence-electron chi connectivity index (χ1n) is 7.56. The van der Waals surface area contributed by atoms with Gasteiger partial charge in [-0.2, -0.15) is 0 Å². The zero-order valence-corrected chi connectivity index (χ0v) is 14.5. The van der Waals surface area contributed by atoms with Gasteiger partial charge in [0.05, 0.1) is 11.6 Å². The molecular weight excluding hydrogens is 359 g/mol. The van der Waals surface area contributed by atoms with Crippen molar-refractivity contribution in [1.29, 1.82) is 0 Å². The molecule has 2 aromatic carbocycles. The van der Waals surface area contributed by atoms with Crippen LogP contribution in [0.3, 0.4) is 0 Å². The molecule has 5 heteroatoms. The molecule has 1 aliphatic heterocycles. The van der Waals surface area contributed by atoms with Crippen LogP contribution in [0.4, 0.5) is 4.39 Å². The van der Waals surface area contributed by atoms with Crippen molar-refractivity contribution in [3.8, 4) is 0 Å². The third kappa shape index (κ3) is 3.46. The molecule has 0 N–H and O–H groups in total. The molecule has 3 rings (SSSR count). The van der Waals surface area contributed by atoms with E-state index in [0.29, 0.717) is 11.0 Å². The highest BCUT2D eigenvalue weighted by molar-refractivity contribution is 9.10. The smallest absolute Gasteiger partial charge is 0.257 e. The van der Waals surface area contributed by atoms with E-state index in [-0.39, 0.29) is 17.5 Å². The normalized spacial score (nSPS) is 18.9. The maximum absolute atomic E-state index is 14.2. The number of piperazine rings is 1. The molecule has 0 aliphatic carbocycles. The SMILES string of the molecule is CN1CCN(C(=O)c2ccc(Br)cc2F)C(c2ccccc2)C1. The van der Waals surface area contributed by atoms with E-state index in [1.807, 2.05) is 37.4 Å². The Morgan fingerprint density at radius 1 is 1.17 bits per heavy atom. The molecule has 1 heterocycles. The van der Waals surface area contributed by atoms with Crippen molar-refractivity contribution in [2.45, 2.75) is 6.04 Å². The number of carbonyl (C=O) groups excluding carboxylic acids is 1. The van der Waals surface area contributed by atoms with Gasteiger partial charge in [-0.3, -0.25) is 4.79 Å². The highest BCUT2D eigenvalue weighted by Gasteiger charge is 2.31. The molecule has 0 saturated carbocycles. The third-order valence-corrected chi connectivity index (χ3v) is 4.68. The maximum atomic E-state index is 14.2. The highest BCUT2D eigenvalue weighted by atomic mass is 79.9. The molecule has 0 aromatic heterocycles. The second-order valence-corrected chi connectivity index (χ2v) is 6.73. The standard InChI is InChI=1S/C18H18BrFN2O/c1-21-9-10-22(17(12-21)13-5-3-2-4-6-13)18(23)15-8-7-14(19)11-16(15)20/h2-8,11,17H,9-10,12H2,1H3. The number of benzene rings is 2. The Labute approximate surface area is 143 Å². The molecule has 3 nitrogen and oxygen atoms in total. The minimum absolute atomic E-state index is 0.0644. The molecule has 120 valence electrons. The molecule has 1 atom stereocenters. The Kier molecular flexibility index (Phi) is 4.78. The van der Waals surface area contributed by atoms with Crippen molar-refractivity contribution in [1.82, 2.24) is 9.80 Å². The number of carbonyl (C=O) groups is 1. The monoisotopic (exact) mass is 376 g/mol. The molecule has 1 unspecified atom stereocenters. The fourth-order valence-corrected chi connectivity index (χ4v) is 3.27. The highest BCUT2D eigenvalue weighted by Crippen LogP contribution is 2.27. The van der Waals surface area contributed by atoms with Crippen LogP contribution in [-0.4, -0.2) is 42.4 Å². The van der Waals surface area contributed by atoms with Gasteiger partial charge in [-0.05, 0) is 30.8 Å². The van der Waals surface area contributed by atoms with E-state index >= 15 is 0 Å². The first-order valence-corrected chi connectivity index (χ1v) is 8.35. The van der Waals surface area contributed by atoms with Gasteiger partial charge in [-0.1, -0.05) is 46.3 Å². The van der Waals surface area contributed by atoms with Gasteiger partial charge in [-0.15, -0.1) is 0 Å². The lowest BCUT2D eigenvalue weighted by atomic mass is 10.0. The second kappa shape index (κ2) is 6.81. The fourth-order valence-electron chi connectivity index (χ4n) is 2.94. The molecule has 1 amide bonds. The van der Waals surface area contributed by atoms with Crippen LogP contribution in [0.2, 0.25) is 0 Å². The summed E-state index contributed by atoms with van der Waals surface area (Å²) in [5.41, 5.74) is 1.20. The second-order valence-electron chi connectivity index (χ2n) is 5.81. The van der Waals surface area contributed by atoms with E-state index in [1.165, 1.54) is 6.07 Å². The maximum Gasteiger partial charge on any atom is 0.257 e. The quantitative estimate of drug-likeness (QED) is 0.797. The number of hydrogen-bond acceptors (Lipinski definition) is 2. The summed E-state index contributed by atoms with van der Waals surface area (Å²) in [5, 5.41) is 0. The lowest BCUT2D eigenvalue weighted by Gasteiger charge is -2.40. The van der Waals surface area contributed by atoms with E-state index in [9.17, 15) is 9.18 Å². The Balaban J connectivity index is 1.93. The molecule has 2 aromatic rings. The van der Waals surface area contributed by atoms with Crippen LogP contribution >= 0.6 is 15.9 Å². The molecule has 23 heavy (non-hydrogen) atoms. The van der Waals surface area contributed by atoms with Crippen molar-refractivity contribution in [3.05, 3.63) is 69.9 Å². The predicted molar refractivity (Wildman–Crippen MR) is 91.8 cm³/mol. The van der Waals surface area contributed by atoms with Gasteiger partial charge < -0.3 is 9.80 Å². The lowest BCUT2D eigenvalue weighted by Crippen LogP contribution is -2.49. The van der Waals surface area contributed by atoms with Crippen LogP contribution in [0.5, 0.6) is 0 Å². The van der Waals surface area contributed by atoms with Crippen molar-refractivity contribution in [2.75, 3.05) is 26.7 Å². The Bertz CT molecular complexity index is 707. The molecule has 1 saturated heterocycles. The van der Waals surface area contributed by atoms with Gasteiger partial charge in [-0.25, -0.2) is 4.39 Å². The number of rotatable bonds is 2. The van der Waals surface area contributed by atoms with Crippen molar-refractivity contribution in [2.24, 2.45) is 0 Å². The Morgan fingerprint density at radius 2 is 1.91 bits per heavy atom. The lowest BCUT2D eigenvalue weighted by molar-refractivity contribution is 0.0493. The minimum atomic E-state index is -0.491. The summed E-state index contributed by atoms with van der Waals surface area (Å²) in [4.78, 5) is 16.8. The van der Waals surface area contributed by atoms with E-state index in [1.54, 1.807) is 17.0 Å². The van der Waals surface area contributed by atoms with Crippen LogP contribution in [0, 0.1) is 5.82 Å². The summed E-state index contributed by atoms with van der Waals surface area (Å²) < 4.78 is 14.8. The van der Waals surface area contributed by atoms with Crippen LogP contribution in [0.15, 0.2) is 53.0 Å².